The molecule has 0 aliphatic rings. The van der Waals surface area contributed by atoms with E-state index in [2.05, 4.69) is 4.98 Å². The van der Waals surface area contributed by atoms with Crippen LogP contribution in [0.25, 0.3) is 11.0 Å². The SMILES string of the molecule is CCn1c(SC(C)C(=O)c2c(F)cc(F)cc2F)nc2ccccc21. The zero-order valence-electron chi connectivity index (χ0n) is 13.6. The monoisotopic (exact) mass is 364 g/mol. The number of Topliss-reactive ketones (excluding diaryl/α,β-unsaturated/α-hetero) is 1. The molecule has 1 heterocycles. The molecule has 0 aliphatic heterocycles. The van der Waals surface area contributed by atoms with Crippen molar-refractivity contribution in [2.45, 2.75) is 30.8 Å². The number of thioether (sulfide) groups is 1. The molecule has 0 amide bonds. The fourth-order valence-electron chi connectivity index (χ4n) is 2.64. The Morgan fingerprint density at radius 3 is 2.48 bits per heavy atom. The summed E-state index contributed by atoms with van der Waals surface area (Å²) < 4.78 is 42.6. The predicted octanol–water partition coefficient (Wildman–Crippen LogP) is 4.84. The van der Waals surface area contributed by atoms with E-state index in [-0.39, 0.29) is 0 Å². The first-order valence-corrected chi connectivity index (χ1v) is 8.61. The summed E-state index contributed by atoms with van der Waals surface area (Å²) in [5.41, 5.74) is 0.984. The van der Waals surface area contributed by atoms with Gasteiger partial charge in [-0.05, 0) is 26.0 Å². The van der Waals surface area contributed by atoms with Crippen LogP contribution in [0.1, 0.15) is 24.2 Å². The van der Waals surface area contributed by atoms with Crippen LogP contribution in [-0.2, 0) is 6.54 Å². The Morgan fingerprint density at radius 1 is 1.20 bits per heavy atom. The van der Waals surface area contributed by atoms with E-state index in [0.717, 1.165) is 22.8 Å². The number of aromatic nitrogens is 2. The van der Waals surface area contributed by atoms with Crippen LogP contribution >= 0.6 is 11.8 Å². The first kappa shape index (κ1) is 17.5. The minimum atomic E-state index is -1.20. The van der Waals surface area contributed by atoms with Crippen molar-refractivity contribution < 1.29 is 18.0 Å². The van der Waals surface area contributed by atoms with Gasteiger partial charge in [0.05, 0.1) is 21.8 Å². The number of benzene rings is 2. The Labute approximate surface area is 146 Å². The molecule has 25 heavy (non-hydrogen) atoms. The minimum absolute atomic E-state index is 0.509. The number of fused-ring (bicyclic) bond motifs is 1. The summed E-state index contributed by atoms with van der Waals surface area (Å²) in [6, 6.07) is 8.55. The van der Waals surface area contributed by atoms with Crippen LogP contribution in [0.5, 0.6) is 0 Å². The van der Waals surface area contributed by atoms with E-state index in [4.69, 9.17) is 0 Å². The molecule has 2 aromatic carbocycles. The van der Waals surface area contributed by atoms with Crippen LogP contribution in [0.15, 0.2) is 41.6 Å². The van der Waals surface area contributed by atoms with Crippen LogP contribution in [-0.4, -0.2) is 20.6 Å². The number of ketones is 1. The number of halogens is 3. The van der Waals surface area contributed by atoms with Gasteiger partial charge in [0.2, 0.25) is 0 Å². The molecule has 1 atom stereocenters. The molecule has 0 radical (unpaired) electrons. The van der Waals surface area contributed by atoms with Crippen molar-refractivity contribution in [3.63, 3.8) is 0 Å². The topological polar surface area (TPSA) is 34.9 Å². The fraction of sp³-hybridized carbons (Fsp3) is 0.222. The molecule has 0 fully saturated rings. The second-order valence-electron chi connectivity index (χ2n) is 5.50. The van der Waals surface area contributed by atoms with Crippen molar-refractivity contribution in [1.82, 2.24) is 9.55 Å². The number of rotatable bonds is 5. The Balaban J connectivity index is 1.93. The quantitative estimate of drug-likeness (QED) is 0.480. The number of hydrogen-bond acceptors (Lipinski definition) is 3. The van der Waals surface area contributed by atoms with Crippen LogP contribution in [0.4, 0.5) is 13.2 Å². The predicted molar refractivity (Wildman–Crippen MR) is 91.4 cm³/mol. The van der Waals surface area contributed by atoms with Gasteiger partial charge in [0.1, 0.15) is 17.5 Å². The van der Waals surface area contributed by atoms with Gasteiger partial charge < -0.3 is 4.57 Å². The third-order valence-electron chi connectivity index (χ3n) is 3.84. The number of carbonyl (C=O) groups is 1. The van der Waals surface area contributed by atoms with Crippen molar-refractivity contribution in [3.8, 4) is 0 Å². The van der Waals surface area contributed by atoms with E-state index in [1.807, 2.05) is 35.8 Å². The average Bonchev–Trinajstić information content (AvgIpc) is 2.90. The molecule has 0 N–H and O–H groups in total. The van der Waals surface area contributed by atoms with Gasteiger partial charge >= 0.3 is 0 Å². The van der Waals surface area contributed by atoms with Gasteiger partial charge in [-0.1, -0.05) is 23.9 Å². The molecule has 0 saturated carbocycles. The Kier molecular flexibility index (Phi) is 4.85. The molecule has 0 saturated heterocycles. The van der Waals surface area contributed by atoms with Crippen molar-refractivity contribution in [3.05, 3.63) is 59.4 Å². The summed E-state index contributed by atoms with van der Waals surface area (Å²) in [4.78, 5) is 16.9. The normalized spacial score (nSPS) is 12.5. The minimum Gasteiger partial charge on any atom is -0.319 e. The van der Waals surface area contributed by atoms with Gasteiger partial charge in [0.15, 0.2) is 10.9 Å². The molecular weight excluding hydrogens is 349 g/mol. The summed E-state index contributed by atoms with van der Waals surface area (Å²) in [6.07, 6.45) is 0. The number of aryl methyl sites for hydroxylation is 1. The Hall–Kier alpha value is -2.28. The highest BCUT2D eigenvalue weighted by Gasteiger charge is 2.26. The smallest absolute Gasteiger partial charge is 0.181 e. The van der Waals surface area contributed by atoms with Crippen LogP contribution in [0, 0.1) is 17.5 Å². The number of carbonyl (C=O) groups excluding carboxylic acids is 1. The van der Waals surface area contributed by atoms with Gasteiger partial charge in [-0.25, -0.2) is 18.2 Å². The van der Waals surface area contributed by atoms with Crippen molar-refractivity contribution in [2.24, 2.45) is 0 Å². The lowest BCUT2D eigenvalue weighted by atomic mass is 10.1. The molecule has 1 unspecified atom stereocenters. The van der Waals surface area contributed by atoms with Gasteiger partial charge in [0, 0.05) is 18.7 Å². The largest absolute Gasteiger partial charge is 0.319 e. The van der Waals surface area contributed by atoms with Gasteiger partial charge in [-0.15, -0.1) is 0 Å². The van der Waals surface area contributed by atoms with Crippen molar-refractivity contribution in [2.75, 3.05) is 0 Å². The lowest BCUT2D eigenvalue weighted by Crippen LogP contribution is -2.18. The van der Waals surface area contributed by atoms with Gasteiger partial charge in [-0.3, -0.25) is 4.79 Å². The molecular formula is C18H15F3N2OS. The van der Waals surface area contributed by atoms with E-state index in [9.17, 15) is 18.0 Å². The number of imidazole rings is 1. The maximum atomic E-state index is 13.8. The second-order valence-corrected chi connectivity index (χ2v) is 6.80. The van der Waals surface area contributed by atoms with Crippen molar-refractivity contribution in [1.29, 1.82) is 0 Å². The molecule has 7 heteroatoms. The van der Waals surface area contributed by atoms with Crippen LogP contribution in [0.2, 0.25) is 0 Å². The third kappa shape index (κ3) is 3.28. The maximum absolute atomic E-state index is 13.8. The number of para-hydroxylation sites is 2. The molecule has 0 aliphatic carbocycles. The summed E-state index contributed by atoms with van der Waals surface area (Å²) in [5.74, 6) is -4.19. The van der Waals surface area contributed by atoms with E-state index in [0.29, 0.717) is 23.8 Å². The Bertz CT molecular complexity index is 932. The van der Waals surface area contributed by atoms with Crippen LogP contribution < -0.4 is 0 Å². The lowest BCUT2D eigenvalue weighted by molar-refractivity contribution is 0.0985. The van der Waals surface area contributed by atoms with Crippen LogP contribution in [0.3, 0.4) is 0 Å². The standard InChI is InChI=1S/C18H15F3N2OS/c1-3-23-15-7-5-4-6-14(15)22-18(23)25-10(2)17(24)16-12(20)8-11(19)9-13(16)21/h4-10H,3H2,1-2H3. The lowest BCUT2D eigenvalue weighted by Gasteiger charge is -2.12. The van der Waals surface area contributed by atoms with E-state index in [1.54, 1.807) is 6.92 Å². The molecule has 3 aromatic rings. The summed E-state index contributed by atoms with van der Waals surface area (Å²) >= 11 is 1.12. The molecule has 0 spiro atoms. The molecule has 1 aromatic heterocycles. The Morgan fingerprint density at radius 2 is 1.84 bits per heavy atom. The summed E-state index contributed by atoms with van der Waals surface area (Å²) in [5, 5.41) is -0.191. The highest BCUT2D eigenvalue weighted by molar-refractivity contribution is 8.00. The average molecular weight is 364 g/mol. The first-order chi connectivity index (χ1) is 11.9. The summed E-state index contributed by atoms with van der Waals surface area (Å²) in [6.45, 7) is 4.14. The van der Waals surface area contributed by atoms with Gasteiger partial charge in [-0.2, -0.15) is 0 Å². The first-order valence-electron chi connectivity index (χ1n) is 7.73. The zero-order chi connectivity index (χ0) is 18.1. The van der Waals surface area contributed by atoms with Crippen molar-refractivity contribution >= 4 is 28.6 Å². The van der Waals surface area contributed by atoms with E-state index >= 15 is 0 Å². The van der Waals surface area contributed by atoms with E-state index in [1.165, 1.54) is 0 Å². The molecule has 3 nitrogen and oxygen atoms in total. The zero-order valence-corrected chi connectivity index (χ0v) is 14.4. The molecule has 3 rings (SSSR count). The third-order valence-corrected chi connectivity index (χ3v) is 4.93. The summed E-state index contributed by atoms with van der Waals surface area (Å²) in [7, 11) is 0. The highest BCUT2D eigenvalue weighted by atomic mass is 32.2. The second kappa shape index (κ2) is 6.92. The van der Waals surface area contributed by atoms with E-state index < -0.39 is 34.0 Å². The fourth-order valence-corrected chi connectivity index (χ4v) is 3.69. The molecule has 130 valence electrons. The number of hydrogen-bond donors (Lipinski definition) is 0. The number of nitrogens with zero attached hydrogens (tertiary/aromatic N) is 2. The maximum Gasteiger partial charge on any atom is 0.181 e. The molecule has 0 bridgehead atoms. The van der Waals surface area contributed by atoms with Gasteiger partial charge in [0.25, 0.3) is 0 Å². The highest BCUT2D eigenvalue weighted by Crippen LogP contribution is 2.30.